The number of aromatic nitrogens is 3. The highest BCUT2D eigenvalue weighted by atomic mass is 16.5. The summed E-state index contributed by atoms with van der Waals surface area (Å²) in [6, 6.07) is 3.84. The van der Waals surface area contributed by atoms with Gasteiger partial charge in [-0.3, -0.25) is 4.57 Å². The Kier molecular flexibility index (Phi) is 1.19. The van der Waals surface area contributed by atoms with E-state index in [0.29, 0.717) is 12.6 Å². The Morgan fingerprint density at radius 2 is 2.31 bits per heavy atom. The van der Waals surface area contributed by atoms with E-state index < -0.39 is 0 Å². The lowest BCUT2D eigenvalue weighted by Gasteiger charge is -2.17. The zero-order chi connectivity index (χ0) is 8.67. The van der Waals surface area contributed by atoms with Crippen LogP contribution in [0.15, 0.2) is 30.7 Å². The lowest BCUT2D eigenvalue weighted by atomic mass is 10.2. The summed E-state index contributed by atoms with van der Waals surface area (Å²) in [6.45, 7) is 0.499. The lowest BCUT2D eigenvalue weighted by Crippen LogP contribution is -2.12. The van der Waals surface area contributed by atoms with Gasteiger partial charge in [0.15, 0.2) is 6.73 Å². The summed E-state index contributed by atoms with van der Waals surface area (Å²) >= 11 is 0. The lowest BCUT2D eigenvalue weighted by molar-refractivity contribution is 0.220. The van der Waals surface area contributed by atoms with Crippen LogP contribution in [0.1, 0.15) is 0 Å². The van der Waals surface area contributed by atoms with Gasteiger partial charge >= 0.3 is 0 Å². The molecule has 4 heteroatoms. The van der Waals surface area contributed by atoms with Gasteiger partial charge in [0.25, 0.3) is 0 Å². The molecule has 13 heavy (non-hydrogen) atoms. The second kappa shape index (κ2) is 2.32. The molecular formula is C9H7N3O. The molecule has 2 aromatic rings. The highest BCUT2D eigenvalue weighted by Crippen LogP contribution is 2.29. The number of rotatable bonds is 0. The van der Waals surface area contributed by atoms with Gasteiger partial charge in [-0.1, -0.05) is 0 Å². The van der Waals surface area contributed by atoms with Crippen molar-refractivity contribution in [2.24, 2.45) is 0 Å². The third-order valence-electron chi connectivity index (χ3n) is 2.07. The second-order valence-corrected chi connectivity index (χ2v) is 2.85. The van der Waals surface area contributed by atoms with E-state index in [2.05, 4.69) is 9.97 Å². The topological polar surface area (TPSA) is 39.9 Å². The first kappa shape index (κ1) is 6.65. The fraction of sp³-hybridized carbons (Fsp3) is 0.111. The standard InChI is InChI=1S/C9H7N3O/c1-2-7-8-10-4-5-12(8)6-13-9(7)11-3-1/h1-5H,6H2. The van der Waals surface area contributed by atoms with Crippen LogP contribution >= 0.6 is 0 Å². The Balaban J connectivity index is 2.30. The van der Waals surface area contributed by atoms with Gasteiger partial charge < -0.3 is 4.74 Å². The maximum absolute atomic E-state index is 5.42. The molecule has 0 radical (unpaired) electrons. The van der Waals surface area contributed by atoms with Crippen molar-refractivity contribution in [3.8, 4) is 17.3 Å². The molecule has 3 heterocycles. The van der Waals surface area contributed by atoms with Crippen LogP contribution < -0.4 is 4.74 Å². The van der Waals surface area contributed by atoms with Crippen LogP contribution in [0.5, 0.6) is 5.88 Å². The van der Waals surface area contributed by atoms with Crippen molar-refractivity contribution < 1.29 is 4.74 Å². The molecular weight excluding hydrogens is 166 g/mol. The zero-order valence-electron chi connectivity index (χ0n) is 6.84. The first-order valence-electron chi connectivity index (χ1n) is 4.04. The molecule has 0 saturated carbocycles. The van der Waals surface area contributed by atoms with Gasteiger partial charge in [-0.2, -0.15) is 0 Å². The molecule has 2 aromatic heterocycles. The summed E-state index contributed by atoms with van der Waals surface area (Å²) in [5, 5.41) is 0. The number of imidazole rings is 1. The van der Waals surface area contributed by atoms with E-state index in [1.54, 1.807) is 12.4 Å². The molecule has 0 spiro atoms. The summed E-state index contributed by atoms with van der Waals surface area (Å²) in [4.78, 5) is 8.36. The van der Waals surface area contributed by atoms with Crippen molar-refractivity contribution in [2.45, 2.75) is 6.73 Å². The SMILES string of the molecule is c1cnc2c(c1)-c1nccn1CO2. The molecule has 0 aliphatic carbocycles. The Hall–Kier alpha value is -1.84. The van der Waals surface area contributed by atoms with Crippen molar-refractivity contribution in [3.05, 3.63) is 30.7 Å². The summed E-state index contributed by atoms with van der Waals surface area (Å²) < 4.78 is 7.37. The van der Waals surface area contributed by atoms with Gasteiger partial charge in [0.05, 0.1) is 5.56 Å². The average Bonchev–Trinajstić information content (AvgIpc) is 2.65. The normalized spacial score (nSPS) is 12.9. The minimum Gasteiger partial charge on any atom is -0.455 e. The quantitative estimate of drug-likeness (QED) is 0.602. The molecule has 0 saturated heterocycles. The van der Waals surface area contributed by atoms with E-state index >= 15 is 0 Å². The third-order valence-corrected chi connectivity index (χ3v) is 2.07. The van der Waals surface area contributed by atoms with Crippen LogP contribution in [-0.4, -0.2) is 14.5 Å². The zero-order valence-corrected chi connectivity index (χ0v) is 6.84. The number of nitrogens with zero attached hydrogens (tertiary/aromatic N) is 3. The van der Waals surface area contributed by atoms with Crippen molar-refractivity contribution in [1.82, 2.24) is 14.5 Å². The predicted molar refractivity (Wildman–Crippen MR) is 46.1 cm³/mol. The molecule has 4 nitrogen and oxygen atoms in total. The Bertz CT molecular complexity index is 450. The van der Waals surface area contributed by atoms with Crippen molar-refractivity contribution in [3.63, 3.8) is 0 Å². The van der Waals surface area contributed by atoms with Gasteiger partial charge in [-0.15, -0.1) is 0 Å². The third kappa shape index (κ3) is 0.853. The summed E-state index contributed by atoms with van der Waals surface area (Å²) in [7, 11) is 0. The number of pyridine rings is 1. The smallest absolute Gasteiger partial charge is 0.226 e. The van der Waals surface area contributed by atoms with Crippen molar-refractivity contribution >= 4 is 0 Å². The fourth-order valence-corrected chi connectivity index (χ4v) is 1.46. The van der Waals surface area contributed by atoms with E-state index in [4.69, 9.17) is 4.74 Å². The van der Waals surface area contributed by atoms with E-state index in [1.807, 2.05) is 22.9 Å². The van der Waals surface area contributed by atoms with E-state index in [1.165, 1.54) is 0 Å². The molecule has 0 amide bonds. The Morgan fingerprint density at radius 3 is 3.31 bits per heavy atom. The number of hydrogen-bond donors (Lipinski definition) is 0. The highest BCUT2D eigenvalue weighted by molar-refractivity contribution is 5.62. The van der Waals surface area contributed by atoms with Crippen LogP contribution in [0.4, 0.5) is 0 Å². The van der Waals surface area contributed by atoms with Gasteiger partial charge in [-0.25, -0.2) is 9.97 Å². The van der Waals surface area contributed by atoms with Crippen LogP contribution in [0.3, 0.4) is 0 Å². The first-order chi connectivity index (χ1) is 6.45. The number of ether oxygens (including phenoxy) is 1. The summed E-state index contributed by atoms with van der Waals surface area (Å²) in [6.07, 6.45) is 5.38. The molecule has 1 aliphatic rings. The predicted octanol–water partition coefficient (Wildman–Crippen LogP) is 1.29. The summed E-state index contributed by atoms with van der Waals surface area (Å²) in [5.74, 6) is 1.59. The highest BCUT2D eigenvalue weighted by Gasteiger charge is 2.17. The molecule has 1 aliphatic heterocycles. The van der Waals surface area contributed by atoms with Gasteiger partial charge in [0, 0.05) is 18.6 Å². The van der Waals surface area contributed by atoms with E-state index in [9.17, 15) is 0 Å². The molecule has 3 rings (SSSR count). The Labute approximate surface area is 74.8 Å². The monoisotopic (exact) mass is 173 g/mol. The van der Waals surface area contributed by atoms with Crippen molar-refractivity contribution in [1.29, 1.82) is 0 Å². The minimum absolute atomic E-state index is 0.499. The molecule has 0 bridgehead atoms. The fourth-order valence-electron chi connectivity index (χ4n) is 1.46. The average molecular weight is 173 g/mol. The van der Waals surface area contributed by atoms with Crippen LogP contribution in [0.2, 0.25) is 0 Å². The number of hydrogen-bond acceptors (Lipinski definition) is 3. The van der Waals surface area contributed by atoms with Crippen LogP contribution in [0, 0.1) is 0 Å². The van der Waals surface area contributed by atoms with Crippen LogP contribution in [0.25, 0.3) is 11.4 Å². The molecule has 0 unspecified atom stereocenters. The molecule has 0 aromatic carbocycles. The maximum atomic E-state index is 5.42. The van der Waals surface area contributed by atoms with Gasteiger partial charge in [-0.05, 0) is 12.1 Å². The molecule has 0 N–H and O–H groups in total. The largest absolute Gasteiger partial charge is 0.455 e. The Morgan fingerprint density at radius 1 is 1.31 bits per heavy atom. The van der Waals surface area contributed by atoms with Crippen molar-refractivity contribution in [2.75, 3.05) is 0 Å². The molecule has 64 valence electrons. The molecule has 0 fully saturated rings. The van der Waals surface area contributed by atoms with E-state index in [-0.39, 0.29) is 0 Å². The van der Waals surface area contributed by atoms with Gasteiger partial charge in [0.2, 0.25) is 5.88 Å². The number of fused-ring (bicyclic) bond motifs is 3. The maximum Gasteiger partial charge on any atom is 0.226 e. The van der Waals surface area contributed by atoms with Gasteiger partial charge in [0.1, 0.15) is 5.82 Å². The first-order valence-corrected chi connectivity index (χ1v) is 4.04. The molecule has 0 atom stereocenters. The minimum atomic E-state index is 0.499. The second-order valence-electron chi connectivity index (χ2n) is 2.85. The van der Waals surface area contributed by atoms with Crippen LogP contribution in [-0.2, 0) is 6.73 Å². The van der Waals surface area contributed by atoms with E-state index in [0.717, 1.165) is 11.4 Å². The summed E-state index contributed by atoms with van der Waals surface area (Å²) in [5.41, 5.74) is 0.957.